The first-order valence-corrected chi connectivity index (χ1v) is 8.09. The Labute approximate surface area is 123 Å². The minimum absolute atomic E-state index is 0.376. The molecule has 0 aromatic heterocycles. The molecule has 0 saturated carbocycles. The zero-order chi connectivity index (χ0) is 14.2. The second kappa shape index (κ2) is 8.08. The number of hydrogen-bond acceptors (Lipinski definition) is 1. The van der Waals surface area contributed by atoms with Crippen molar-refractivity contribution in [1.29, 1.82) is 0 Å². The van der Waals surface area contributed by atoms with Crippen LogP contribution >= 0.6 is 0 Å². The summed E-state index contributed by atoms with van der Waals surface area (Å²) >= 11 is 0. The highest BCUT2D eigenvalue weighted by molar-refractivity contribution is 5.76. The van der Waals surface area contributed by atoms with Gasteiger partial charge in [-0.25, -0.2) is 0 Å². The molecular weight excluding hydrogens is 246 g/mol. The normalized spacial score (nSPS) is 14.8. The molecule has 2 nitrogen and oxygen atoms in total. The Hall–Kier alpha value is -1.31. The van der Waals surface area contributed by atoms with E-state index in [1.807, 2.05) is 4.90 Å². The molecule has 0 radical (unpaired) electrons. The Kier molecular flexibility index (Phi) is 6.10. The van der Waals surface area contributed by atoms with Crippen molar-refractivity contribution < 1.29 is 4.79 Å². The molecule has 1 aromatic carbocycles. The average molecular weight is 273 g/mol. The maximum atomic E-state index is 11.9. The predicted molar refractivity (Wildman–Crippen MR) is 83.8 cm³/mol. The lowest BCUT2D eigenvalue weighted by molar-refractivity contribution is -0.130. The van der Waals surface area contributed by atoms with Gasteiger partial charge in [-0.15, -0.1) is 0 Å². The summed E-state index contributed by atoms with van der Waals surface area (Å²) in [7, 11) is 0. The van der Waals surface area contributed by atoms with Crippen LogP contribution in [-0.2, 0) is 11.2 Å². The molecule has 1 fully saturated rings. The molecule has 0 bridgehead atoms. The van der Waals surface area contributed by atoms with E-state index in [-0.39, 0.29) is 0 Å². The van der Waals surface area contributed by atoms with Crippen LogP contribution in [-0.4, -0.2) is 23.9 Å². The van der Waals surface area contributed by atoms with Crippen LogP contribution in [0.15, 0.2) is 24.3 Å². The van der Waals surface area contributed by atoms with E-state index in [4.69, 9.17) is 0 Å². The van der Waals surface area contributed by atoms with Gasteiger partial charge in [0.05, 0.1) is 0 Å². The van der Waals surface area contributed by atoms with Gasteiger partial charge in [0.25, 0.3) is 0 Å². The Balaban J connectivity index is 1.53. The molecule has 0 spiro atoms. The third kappa shape index (κ3) is 4.66. The Morgan fingerprint density at radius 3 is 2.50 bits per heavy atom. The van der Waals surface area contributed by atoms with Crippen LogP contribution in [0.3, 0.4) is 0 Å². The lowest BCUT2D eigenvalue weighted by atomic mass is 10.0. The van der Waals surface area contributed by atoms with Gasteiger partial charge in [0.1, 0.15) is 0 Å². The second-order valence-electron chi connectivity index (χ2n) is 5.93. The zero-order valence-electron chi connectivity index (χ0n) is 12.7. The van der Waals surface area contributed by atoms with Crippen molar-refractivity contribution in [1.82, 2.24) is 4.90 Å². The number of likely N-dealkylation sites (tertiary alicyclic amines) is 1. The molecule has 1 saturated heterocycles. The van der Waals surface area contributed by atoms with Gasteiger partial charge in [0, 0.05) is 19.5 Å². The fourth-order valence-electron chi connectivity index (χ4n) is 2.96. The molecule has 0 unspecified atom stereocenters. The van der Waals surface area contributed by atoms with E-state index >= 15 is 0 Å². The average Bonchev–Trinajstić information content (AvgIpc) is 2.98. The molecule has 1 aromatic rings. The van der Waals surface area contributed by atoms with Gasteiger partial charge in [-0.1, -0.05) is 37.1 Å². The molecule has 1 heterocycles. The minimum Gasteiger partial charge on any atom is -0.343 e. The van der Waals surface area contributed by atoms with Crippen molar-refractivity contribution in [2.45, 2.75) is 58.3 Å². The van der Waals surface area contributed by atoms with Gasteiger partial charge < -0.3 is 4.90 Å². The van der Waals surface area contributed by atoms with Crippen LogP contribution in [0.25, 0.3) is 0 Å². The SMILES string of the molecule is Cc1ccccc1CCCCCCC(=O)N1CCCC1. The van der Waals surface area contributed by atoms with Crippen molar-refractivity contribution in [3.8, 4) is 0 Å². The summed E-state index contributed by atoms with van der Waals surface area (Å²) in [4.78, 5) is 13.9. The van der Waals surface area contributed by atoms with E-state index in [0.717, 1.165) is 25.9 Å². The molecule has 0 atom stereocenters. The van der Waals surface area contributed by atoms with E-state index in [1.54, 1.807) is 0 Å². The second-order valence-corrected chi connectivity index (χ2v) is 5.93. The van der Waals surface area contributed by atoms with Gasteiger partial charge in [-0.3, -0.25) is 4.79 Å². The van der Waals surface area contributed by atoms with Gasteiger partial charge >= 0.3 is 0 Å². The van der Waals surface area contributed by atoms with Crippen LogP contribution in [0.1, 0.15) is 56.1 Å². The number of carbonyl (C=O) groups excluding carboxylic acids is 1. The highest BCUT2D eigenvalue weighted by Gasteiger charge is 2.16. The standard InChI is InChI=1S/C18H27NO/c1-16-10-6-7-12-17(16)11-4-2-3-5-13-18(20)19-14-8-9-15-19/h6-7,10,12H,2-5,8-9,11,13-15H2,1H3. The predicted octanol–water partition coefficient (Wildman–Crippen LogP) is 4.11. The van der Waals surface area contributed by atoms with E-state index in [0.29, 0.717) is 5.91 Å². The van der Waals surface area contributed by atoms with Gasteiger partial charge in [0.15, 0.2) is 0 Å². The molecule has 110 valence electrons. The van der Waals surface area contributed by atoms with Crippen molar-refractivity contribution in [2.75, 3.05) is 13.1 Å². The molecular formula is C18H27NO. The zero-order valence-corrected chi connectivity index (χ0v) is 12.7. The lowest BCUT2D eigenvalue weighted by Crippen LogP contribution is -2.27. The topological polar surface area (TPSA) is 20.3 Å². The quantitative estimate of drug-likeness (QED) is 0.685. The van der Waals surface area contributed by atoms with Gasteiger partial charge in [-0.05, 0) is 50.2 Å². The van der Waals surface area contributed by atoms with Gasteiger partial charge in [0.2, 0.25) is 5.91 Å². The number of rotatable bonds is 7. The molecule has 1 aliphatic rings. The fraction of sp³-hybridized carbons (Fsp3) is 0.611. The van der Waals surface area contributed by atoms with E-state index < -0.39 is 0 Å². The molecule has 2 heteroatoms. The third-order valence-electron chi connectivity index (χ3n) is 4.31. The van der Waals surface area contributed by atoms with Crippen molar-refractivity contribution >= 4 is 5.91 Å². The molecule has 1 amide bonds. The van der Waals surface area contributed by atoms with E-state index in [9.17, 15) is 4.79 Å². The first kappa shape index (κ1) is 15.1. The van der Waals surface area contributed by atoms with Crippen molar-refractivity contribution in [2.24, 2.45) is 0 Å². The Morgan fingerprint density at radius 1 is 1.05 bits per heavy atom. The monoisotopic (exact) mass is 273 g/mol. The largest absolute Gasteiger partial charge is 0.343 e. The van der Waals surface area contributed by atoms with Crippen LogP contribution in [0.5, 0.6) is 0 Å². The van der Waals surface area contributed by atoms with E-state index in [2.05, 4.69) is 31.2 Å². The molecule has 0 N–H and O–H groups in total. The van der Waals surface area contributed by atoms with Crippen molar-refractivity contribution in [3.05, 3.63) is 35.4 Å². The Bertz CT molecular complexity index is 421. The smallest absolute Gasteiger partial charge is 0.222 e. The number of unbranched alkanes of at least 4 members (excludes halogenated alkanes) is 3. The highest BCUT2D eigenvalue weighted by atomic mass is 16.2. The number of benzene rings is 1. The highest BCUT2D eigenvalue weighted by Crippen LogP contribution is 2.14. The van der Waals surface area contributed by atoms with Crippen LogP contribution in [0.4, 0.5) is 0 Å². The fourth-order valence-corrected chi connectivity index (χ4v) is 2.96. The summed E-state index contributed by atoms with van der Waals surface area (Å²) in [6.07, 6.45) is 9.04. The number of hydrogen-bond donors (Lipinski definition) is 0. The summed E-state index contributed by atoms with van der Waals surface area (Å²) in [5, 5.41) is 0. The summed E-state index contributed by atoms with van der Waals surface area (Å²) < 4.78 is 0. The molecule has 0 aliphatic carbocycles. The Morgan fingerprint density at radius 2 is 1.75 bits per heavy atom. The minimum atomic E-state index is 0.376. The summed E-state index contributed by atoms with van der Waals surface area (Å²) in [5.41, 5.74) is 2.87. The summed E-state index contributed by atoms with van der Waals surface area (Å²) in [6.45, 7) is 4.17. The number of aryl methyl sites for hydroxylation is 2. The summed E-state index contributed by atoms with van der Waals surface area (Å²) in [5.74, 6) is 0.376. The number of carbonyl (C=O) groups is 1. The van der Waals surface area contributed by atoms with Crippen LogP contribution in [0.2, 0.25) is 0 Å². The molecule has 2 rings (SSSR count). The number of nitrogens with zero attached hydrogens (tertiary/aromatic N) is 1. The van der Waals surface area contributed by atoms with E-state index in [1.165, 1.54) is 49.7 Å². The van der Waals surface area contributed by atoms with Crippen LogP contribution in [0, 0.1) is 6.92 Å². The maximum absolute atomic E-state index is 11.9. The first-order chi connectivity index (χ1) is 9.77. The third-order valence-corrected chi connectivity index (χ3v) is 4.31. The van der Waals surface area contributed by atoms with Crippen LogP contribution < -0.4 is 0 Å². The maximum Gasteiger partial charge on any atom is 0.222 e. The van der Waals surface area contributed by atoms with Crippen molar-refractivity contribution in [3.63, 3.8) is 0 Å². The first-order valence-electron chi connectivity index (χ1n) is 8.09. The molecule has 1 aliphatic heterocycles. The summed E-state index contributed by atoms with van der Waals surface area (Å²) in [6, 6.07) is 8.64. The lowest BCUT2D eigenvalue weighted by Gasteiger charge is -2.14. The molecule has 20 heavy (non-hydrogen) atoms. The number of amides is 1. The van der Waals surface area contributed by atoms with Gasteiger partial charge in [-0.2, -0.15) is 0 Å².